The summed E-state index contributed by atoms with van der Waals surface area (Å²) in [6.07, 6.45) is 0. The van der Waals surface area contributed by atoms with Crippen LogP contribution in [0.2, 0.25) is 0 Å². The molecule has 0 saturated carbocycles. The van der Waals surface area contributed by atoms with Crippen LogP contribution >= 0.6 is 0 Å². The summed E-state index contributed by atoms with van der Waals surface area (Å²) in [5.74, 6) is 0. The molecule has 1 aromatic heterocycles. The molecule has 1 heterocycles. The molecule has 0 radical (unpaired) electrons. The summed E-state index contributed by atoms with van der Waals surface area (Å²) in [5, 5.41) is 9.57. The Morgan fingerprint density at radius 2 is 0.840 bits per heavy atom. The minimum Gasteiger partial charge on any atom is -0.453 e. The molecule has 0 fully saturated rings. The zero-order valence-corrected chi connectivity index (χ0v) is 27.3. The Morgan fingerprint density at radius 3 is 1.60 bits per heavy atom. The molecule has 2 heteroatoms. The van der Waals surface area contributed by atoms with E-state index in [0.717, 1.165) is 44.4 Å². The summed E-state index contributed by atoms with van der Waals surface area (Å²) < 4.78 is 6.95. The standard InChI is InChI=1S/C48H31NO/c1-3-14-32(15-4-1)44-31-45-42-24-13-25-46(48(42)50-47(45)41-23-12-11-22-40(41)44)49(35-17-5-2-6-18-35)36-28-26-33(27-29-36)43-30-34-16-7-8-19-37(34)38-20-9-10-21-39(38)43/h1-31H. The van der Waals surface area contributed by atoms with Gasteiger partial charge in [-0.05, 0) is 91.6 Å². The molecule has 10 rings (SSSR count). The second-order valence-electron chi connectivity index (χ2n) is 12.9. The molecule has 0 atom stereocenters. The smallest absolute Gasteiger partial charge is 0.159 e. The molecule has 234 valence electrons. The summed E-state index contributed by atoms with van der Waals surface area (Å²) in [4.78, 5) is 2.31. The Morgan fingerprint density at radius 1 is 0.320 bits per heavy atom. The molecule has 0 amide bonds. The van der Waals surface area contributed by atoms with E-state index < -0.39 is 0 Å². The van der Waals surface area contributed by atoms with Gasteiger partial charge in [0.05, 0.1) is 5.69 Å². The number of fused-ring (bicyclic) bond motifs is 8. The fourth-order valence-electron chi connectivity index (χ4n) is 7.73. The first-order chi connectivity index (χ1) is 24.8. The predicted octanol–water partition coefficient (Wildman–Crippen LogP) is 13.8. The van der Waals surface area contributed by atoms with E-state index in [4.69, 9.17) is 4.42 Å². The molecule has 9 aromatic carbocycles. The van der Waals surface area contributed by atoms with Gasteiger partial charge in [0.25, 0.3) is 0 Å². The molecule has 0 aliphatic heterocycles. The van der Waals surface area contributed by atoms with Crippen LogP contribution in [0.5, 0.6) is 0 Å². The first kappa shape index (κ1) is 28.4. The van der Waals surface area contributed by atoms with E-state index in [1.165, 1.54) is 49.2 Å². The summed E-state index contributed by atoms with van der Waals surface area (Å²) in [7, 11) is 0. The van der Waals surface area contributed by atoms with E-state index in [-0.39, 0.29) is 0 Å². The van der Waals surface area contributed by atoms with Crippen molar-refractivity contribution in [3.05, 3.63) is 188 Å². The van der Waals surface area contributed by atoms with Gasteiger partial charge in [-0.2, -0.15) is 0 Å². The lowest BCUT2D eigenvalue weighted by Crippen LogP contribution is -2.10. The predicted molar refractivity (Wildman–Crippen MR) is 212 cm³/mol. The van der Waals surface area contributed by atoms with Crippen molar-refractivity contribution in [2.45, 2.75) is 0 Å². The third kappa shape index (κ3) is 4.50. The topological polar surface area (TPSA) is 16.4 Å². The second kappa shape index (κ2) is 11.5. The van der Waals surface area contributed by atoms with Crippen LogP contribution in [0.4, 0.5) is 17.1 Å². The van der Waals surface area contributed by atoms with E-state index in [2.05, 4.69) is 193 Å². The zero-order valence-electron chi connectivity index (χ0n) is 27.3. The maximum Gasteiger partial charge on any atom is 0.159 e. The number of hydrogen-bond acceptors (Lipinski definition) is 2. The average Bonchev–Trinajstić information content (AvgIpc) is 3.58. The number of nitrogens with zero attached hydrogens (tertiary/aromatic N) is 1. The van der Waals surface area contributed by atoms with Crippen LogP contribution < -0.4 is 4.90 Å². The highest BCUT2D eigenvalue weighted by molar-refractivity contribution is 6.21. The number of rotatable bonds is 5. The maximum atomic E-state index is 6.95. The van der Waals surface area contributed by atoms with Crippen molar-refractivity contribution in [1.82, 2.24) is 0 Å². The molecule has 10 aromatic rings. The van der Waals surface area contributed by atoms with E-state index >= 15 is 0 Å². The molecule has 0 bridgehead atoms. The highest BCUT2D eigenvalue weighted by Gasteiger charge is 2.21. The van der Waals surface area contributed by atoms with Crippen LogP contribution in [-0.2, 0) is 0 Å². The molecule has 0 spiro atoms. The van der Waals surface area contributed by atoms with Gasteiger partial charge in [0.15, 0.2) is 5.58 Å². The lowest BCUT2D eigenvalue weighted by molar-refractivity contribution is 0.673. The molecule has 0 saturated heterocycles. The molecule has 2 nitrogen and oxygen atoms in total. The number of benzene rings is 9. The van der Waals surface area contributed by atoms with Gasteiger partial charge >= 0.3 is 0 Å². The van der Waals surface area contributed by atoms with Crippen molar-refractivity contribution in [3.63, 3.8) is 0 Å². The van der Waals surface area contributed by atoms with Gasteiger partial charge in [0.1, 0.15) is 5.58 Å². The summed E-state index contributed by atoms with van der Waals surface area (Å²) in [6, 6.07) is 67.3. The van der Waals surface area contributed by atoms with Crippen molar-refractivity contribution < 1.29 is 4.42 Å². The van der Waals surface area contributed by atoms with E-state index in [1.54, 1.807) is 0 Å². The number of para-hydroxylation sites is 2. The Kier molecular flexibility index (Phi) is 6.53. The Bertz CT molecular complexity index is 2850. The van der Waals surface area contributed by atoms with Crippen molar-refractivity contribution in [2.24, 2.45) is 0 Å². The molecule has 0 N–H and O–H groups in total. The van der Waals surface area contributed by atoms with Gasteiger partial charge in [-0.1, -0.05) is 146 Å². The Labute approximate surface area is 290 Å². The fourth-order valence-corrected chi connectivity index (χ4v) is 7.73. The van der Waals surface area contributed by atoms with Gasteiger partial charge in [-0.15, -0.1) is 0 Å². The minimum atomic E-state index is 0.867. The van der Waals surface area contributed by atoms with Crippen LogP contribution in [0.25, 0.3) is 76.5 Å². The number of hydrogen-bond donors (Lipinski definition) is 0. The first-order valence-electron chi connectivity index (χ1n) is 17.1. The van der Waals surface area contributed by atoms with Gasteiger partial charge in [-0.25, -0.2) is 0 Å². The third-order valence-electron chi connectivity index (χ3n) is 10.0. The van der Waals surface area contributed by atoms with E-state index in [1.807, 2.05) is 0 Å². The Hall–Kier alpha value is -6.64. The first-order valence-corrected chi connectivity index (χ1v) is 17.1. The maximum absolute atomic E-state index is 6.95. The van der Waals surface area contributed by atoms with Crippen molar-refractivity contribution >= 4 is 71.3 Å². The highest BCUT2D eigenvalue weighted by atomic mass is 16.3. The third-order valence-corrected chi connectivity index (χ3v) is 10.0. The lowest BCUT2D eigenvalue weighted by atomic mass is 9.93. The summed E-state index contributed by atoms with van der Waals surface area (Å²) >= 11 is 0. The minimum absolute atomic E-state index is 0.867. The SMILES string of the molecule is c1ccc(-c2cc3c4cccc(N(c5ccccc5)c5ccc(-c6cc7ccccc7c7ccccc67)cc5)c4oc3c3ccccc23)cc1. The molecular formula is C48H31NO. The lowest BCUT2D eigenvalue weighted by Gasteiger charge is -2.25. The number of anilines is 3. The van der Waals surface area contributed by atoms with Gasteiger partial charge in [-0.3, -0.25) is 0 Å². The fraction of sp³-hybridized carbons (Fsp3) is 0. The van der Waals surface area contributed by atoms with Crippen LogP contribution in [-0.4, -0.2) is 0 Å². The van der Waals surface area contributed by atoms with Crippen LogP contribution in [0.3, 0.4) is 0 Å². The number of furan rings is 1. The zero-order chi connectivity index (χ0) is 33.0. The normalized spacial score (nSPS) is 11.6. The van der Waals surface area contributed by atoms with Crippen molar-refractivity contribution in [3.8, 4) is 22.3 Å². The highest BCUT2D eigenvalue weighted by Crippen LogP contribution is 2.46. The molecule has 0 aliphatic carbocycles. The average molecular weight is 638 g/mol. The summed E-state index contributed by atoms with van der Waals surface area (Å²) in [5.41, 5.74) is 9.73. The van der Waals surface area contributed by atoms with Gasteiger partial charge in [0, 0.05) is 27.5 Å². The van der Waals surface area contributed by atoms with Gasteiger partial charge in [0.2, 0.25) is 0 Å². The largest absolute Gasteiger partial charge is 0.453 e. The molecule has 50 heavy (non-hydrogen) atoms. The Balaban J connectivity index is 1.17. The quantitative estimate of drug-likeness (QED) is 0.175. The molecular weight excluding hydrogens is 607 g/mol. The van der Waals surface area contributed by atoms with Crippen LogP contribution in [0.15, 0.2) is 192 Å². The van der Waals surface area contributed by atoms with Crippen LogP contribution in [0.1, 0.15) is 0 Å². The van der Waals surface area contributed by atoms with E-state index in [9.17, 15) is 0 Å². The summed E-state index contributed by atoms with van der Waals surface area (Å²) in [6.45, 7) is 0. The van der Waals surface area contributed by atoms with Gasteiger partial charge < -0.3 is 9.32 Å². The molecule has 0 aliphatic rings. The second-order valence-corrected chi connectivity index (χ2v) is 12.9. The van der Waals surface area contributed by atoms with Crippen molar-refractivity contribution in [2.75, 3.05) is 4.90 Å². The van der Waals surface area contributed by atoms with Crippen molar-refractivity contribution in [1.29, 1.82) is 0 Å². The monoisotopic (exact) mass is 637 g/mol. The van der Waals surface area contributed by atoms with Crippen LogP contribution in [0, 0.1) is 0 Å². The molecule has 0 unspecified atom stereocenters. The van der Waals surface area contributed by atoms with E-state index in [0.29, 0.717) is 0 Å².